The van der Waals surface area contributed by atoms with Gasteiger partial charge in [-0.05, 0) is 86.6 Å². The third-order valence-electron chi connectivity index (χ3n) is 4.70. The van der Waals surface area contributed by atoms with Crippen LogP contribution >= 0.6 is 0 Å². The van der Waals surface area contributed by atoms with Gasteiger partial charge in [0, 0.05) is 11.4 Å². The molecule has 0 saturated carbocycles. The normalized spacial score (nSPS) is 12.7. The van der Waals surface area contributed by atoms with Crippen molar-refractivity contribution in [3.05, 3.63) is 107 Å². The maximum absolute atomic E-state index is 13.0. The Morgan fingerprint density at radius 1 is 0.605 bits per heavy atom. The lowest BCUT2D eigenvalue weighted by Gasteiger charge is -2.09. The Labute approximate surface area is 215 Å². The highest BCUT2D eigenvalue weighted by atomic mass is 19.1. The first-order valence-corrected chi connectivity index (χ1v) is 11.0. The maximum atomic E-state index is 13.0. The predicted octanol–water partition coefficient (Wildman–Crippen LogP) is 6.99. The predicted molar refractivity (Wildman–Crippen MR) is 136 cm³/mol. The van der Waals surface area contributed by atoms with Crippen molar-refractivity contribution in [1.29, 1.82) is 0 Å². The van der Waals surface area contributed by atoms with Gasteiger partial charge in [-0.3, -0.25) is 9.59 Å². The molecule has 0 heterocycles. The number of nitrogens with zero attached hydrogens (tertiary/aromatic N) is 4. The van der Waals surface area contributed by atoms with E-state index in [0.717, 1.165) is 0 Å². The Bertz CT molecular complexity index is 1310. The minimum absolute atomic E-state index is 0.279. The summed E-state index contributed by atoms with van der Waals surface area (Å²) in [6.07, 6.45) is 0. The van der Waals surface area contributed by atoms with Gasteiger partial charge in [-0.25, -0.2) is 8.78 Å². The van der Waals surface area contributed by atoms with Gasteiger partial charge in [-0.2, -0.15) is 10.2 Å². The summed E-state index contributed by atoms with van der Waals surface area (Å²) in [5, 5.41) is 39.9. The van der Waals surface area contributed by atoms with E-state index in [1.54, 1.807) is 0 Å². The molecule has 4 N–H and O–H groups in total. The number of carbonyl (C=O) groups excluding carboxylic acids is 2. The van der Waals surface area contributed by atoms with Crippen molar-refractivity contribution >= 4 is 34.6 Å². The topological polar surface area (TPSA) is 148 Å². The van der Waals surface area contributed by atoms with Crippen molar-refractivity contribution in [2.24, 2.45) is 20.5 Å². The van der Waals surface area contributed by atoms with Gasteiger partial charge in [0.1, 0.15) is 23.2 Å². The molecule has 0 aromatic heterocycles. The monoisotopic (exact) mass is 520 g/mol. The van der Waals surface area contributed by atoms with Crippen molar-refractivity contribution in [3.63, 3.8) is 0 Å². The van der Waals surface area contributed by atoms with Gasteiger partial charge in [0.05, 0.1) is 11.4 Å². The first-order valence-electron chi connectivity index (χ1n) is 11.0. The molecule has 0 bridgehead atoms. The zero-order valence-corrected chi connectivity index (χ0v) is 20.2. The van der Waals surface area contributed by atoms with Crippen LogP contribution in [0.15, 0.2) is 116 Å². The fraction of sp³-hybridized carbons (Fsp3) is 0.0769. The van der Waals surface area contributed by atoms with E-state index in [9.17, 15) is 28.6 Å². The van der Waals surface area contributed by atoms with Gasteiger partial charge < -0.3 is 20.8 Å². The molecule has 194 valence electrons. The number of allylic oxidation sites excluding steroid dienone is 2. The van der Waals surface area contributed by atoms with E-state index < -0.39 is 23.4 Å². The molecule has 0 saturated heterocycles. The maximum Gasteiger partial charge on any atom is 0.279 e. The van der Waals surface area contributed by atoms with E-state index in [1.165, 1.54) is 86.6 Å². The molecule has 0 radical (unpaired) electrons. The van der Waals surface area contributed by atoms with Gasteiger partial charge in [0.2, 0.25) is 0 Å². The molecule has 10 nitrogen and oxygen atoms in total. The van der Waals surface area contributed by atoms with Gasteiger partial charge in [-0.15, -0.1) is 10.2 Å². The standard InChI is InChI=1S/C26H22F2N6O4/c1-15(35)23(33-31-21-7-3-17(27)4-8-21)25(37)29-19-11-13-20(14-12-19)30-26(38)24(16(2)36)34-32-22-9-5-18(28)6-10-22/h3-14,35-36H,1-2H3,(H,29,37)(H,30,38)/b23-15-,24-16+,33-31?,34-32?. The summed E-state index contributed by atoms with van der Waals surface area (Å²) >= 11 is 0. The average Bonchev–Trinajstić information content (AvgIpc) is 2.87. The quantitative estimate of drug-likeness (QED) is 0.144. The summed E-state index contributed by atoms with van der Waals surface area (Å²) in [6.45, 7) is 2.53. The molecular weight excluding hydrogens is 498 g/mol. The molecule has 0 unspecified atom stereocenters. The van der Waals surface area contributed by atoms with Gasteiger partial charge in [-0.1, -0.05) is 0 Å². The van der Waals surface area contributed by atoms with Gasteiger partial charge in [0.15, 0.2) is 11.4 Å². The van der Waals surface area contributed by atoms with Crippen molar-refractivity contribution in [2.75, 3.05) is 10.6 Å². The van der Waals surface area contributed by atoms with Crippen LogP contribution in [0.2, 0.25) is 0 Å². The van der Waals surface area contributed by atoms with Crippen molar-refractivity contribution in [2.45, 2.75) is 13.8 Å². The first-order chi connectivity index (χ1) is 18.1. The minimum atomic E-state index is -0.755. The summed E-state index contributed by atoms with van der Waals surface area (Å²) in [5.74, 6) is -3.19. The third-order valence-corrected chi connectivity index (χ3v) is 4.70. The first kappa shape index (κ1) is 27.3. The molecule has 3 aromatic rings. The van der Waals surface area contributed by atoms with E-state index in [0.29, 0.717) is 11.4 Å². The van der Waals surface area contributed by atoms with E-state index >= 15 is 0 Å². The number of hydrogen-bond donors (Lipinski definition) is 4. The lowest BCUT2D eigenvalue weighted by atomic mass is 10.2. The smallest absolute Gasteiger partial charge is 0.279 e. The number of aliphatic hydroxyl groups is 2. The number of azo groups is 2. The number of halogens is 2. The van der Waals surface area contributed by atoms with Crippen molar-refractivity contribution in [3.8, 4) is 0 Å². The van der Waals surface area contributed by atoms with E-state index in [4.69, 9.17) is 0 Å². The largest absolute Gasteiger partial charge is 0.510 e. The van der Waals surface area contributed by atoms with Gasteiger partial charge >= 0.3 is 0 Å². The number of rotatable bonds is 8. The zero-order valence-electron chi connectivity index (χ0n) is 20.2. The lowest BCUT2D eigenvalue weighted by molar-refractivity contribution is -0.114. The van der Waals surface area contributed by atoms with Crippen molar-refractivity contribution < 1.29 is 28.6 Å². The molecule has 0 atom stereocenters. The number of benzene rings is 3. The number of nitrogens with one attached hydrogen (secondary N) is 2. The highest BCUT2D eigenvalue weighted by Gasteiger charge is 2.15. The number of aliphatic hydroxyl groups excluding tert-OH is 2. The summed E-state index contributed by atoms with van der Waals surface area (Å²) in [7, 11) is 0. The van der Waals surface area contributed by atoms with Crippen molar-refractivity contribution in [1.82, 2.24) is 0 Å². The Hall–Kier alpha value is -5.26. The summed E-state index contributed by atoms with van der Waals surface area (Å²) < 4.78 is 26.1. The average molecular weight is 520 g/mol. The Morgan fingerprint density at radius 2 is 0.921 bits per heavy atom. The SMILES string of the molecule is C/C(O)=C(/N=Nc1ccc(F)cc1)C(=O)Nc1ccc(NC(=O)/C(N=Nc2ccc(F)cc2)=C(/C)O)cc1. The highest BCUT2D eigenvalue weighted by molar-refractivity contribution is 6.05. The Kier molecular flexibility index (Phi) is 9.08. The second-order valence-electron chi connectivity index (χ2n) is 7.71. The molecule has 12 heteroatoms. The van der Waals surface area contributed by atoms with Gasteiger partial charge in [0.25, 0.3) is 11.8 Å². The summed E-state index contributed by atoms with van der Waals surface area (Å²) in [6, 6.07) is 16.1. The lowest BCUT2D eigenvalue weighted by Crippen LogP contribution is -2.16. The molecule has 2 amide bonds. The molecule has 0 spiro atoms. The zero-order chi connectivity index (χ0) is 27.7. The fourth-order valence-corrected chi connectivity index (χ4v) is 2.81. The molecule has 3 aromatic carbocycles. The third kappa shape index (κ3) is 7.88. The van der Waals surface area contributed by atoms with E-state index in [-0.39, 0.29) is 34.3 Å². The second kappa shape index (κ2) is 12.6. The van der Waals surface area contributed by atoms with E-state index in [2.05, 4.69) is 31.1 Å². The van der Waals surface area contributed by atoms with Crippen LogP contribution in [0.25, 0.3) is 0 Å². The molecule has 0 aliphatic rings. The van der Waals surface area contributed by atoms with Crippen LogP contribution in [-0.2, 0) is 9.59 Å². The molecule has 38 heavy (non-hydrogen) atoms. The Morgan fingerprint density at radius 3 is 1.21 bits per heavy atom. The number of hydrogen-bond acceptors (Lipinski definition) is 8. The number of anilines is 2. The number of carbonyl (C=O) groups is 2. The van der Waals surface area contributed by atoms with Crippen LogP contribution in [0.5, 0.6) is 0 Å². The minimum Gasteiger partial charge on any atom is -0.510 e. The van der Waals surface area contributed by atoms with Crippen LogP contribution in [-0.4, -0.2) is 22.0 Å². The van der Waals surface area contributed by atoms with Crippen LogP contribution in [0.4, 0.5) is 31.5 Å². The molecular formula is C26H22F2N6O4. The number of amides is 2. The van der Waals surface area contributed by atoms with Crippen LogP contribution in [0.3, 0.4) is 0 Å². The molecule has 3 rings (SSSR count). The molecule has 0 fully saturated rings. The van der Waals surface area contributed by atoms with E-state index in [1.807, 2.05) is 0 Å². The highest BCUT2D eigenvalue weighted by Crippen LogP contribution is 2.20. The summed E-state index contributed by atoms with van der Waals surface area (Å²) in [4.78, 5) is 25.1. The second-order valence-corrected chi connectivity index (χ2v) is 7.71. The fourth-order valence-electron chi connectivity index (χ4n) is 2.81. The van der Waals surface area contributed by atoms with Crippen LogP contribution in [0, 0.1) is 11.6 Å². The van der Waals surface area contributed by atoms with Crippen LogP contribution in [0.1, 0.15) is 13.8 Å². The molecule has 0 aliphatic carbocycles. The molecule has 0 aliphatic heterocycles. The Balaban J connectivity index is 1.65. The summed E-state index contributed by atoms with van der Waals surface area (Å²) in [5.41, 5.74) is 0.476. The van der Waals surface area contributed by atoms with Crippen LogP contribution < -0.4 is 10.6 Å².